The quantitative estimate of drug-likeness (QED) is 0.459. The molecule has 2 heterocycles. The van der Waals surface area contributed by atoms with Crippen LogP contribution in [0.4, 0.5) is 5.69 Å². The number of anilines is 1. The van der Waals surface area contributed by atoms with Gasteiger partial charge in [-0.1, -0.05) is 42.0 Å². The van der Waals surface area contributed by atoms with E-state index in [4.69, 9.17) is 0 Å². The number of fused-ring (bicyclic) bond motifs is 1. The van der Waals surface area contributed by atoms with E-state index in [1.807, 2.05) is 31.2 Å². The molecule has 4 aromatic rings. The highest BCUT2D eigenvalue weighted by molar-refractivity contribution is 7.89. The van der Waals surface area contributed by atoms with Gasteiger partial charge in [-0.2, -0.15) is 9.52 Å². The Bertz CT molecular complexity index is 1420. The summed E-state index contributed by atoms with van der Waals surface area (Å²) in [5.74, 6) is 0.0506. The van der Waals surface area contributed by atoms with Crippen LogP contribution in [0, 0.1) is 6.92 Å². The van der Waals surface area contributed by atoms with Crippen LogP contribution in [0.2, 0.25) is 0 Å². The van der Waals surface area contributed by atoms with Crippen molar-refractivity contribution in [2.24, 2.45) is 0 Å². The van der Waals surface area contributed by atoms with Crippen LogP contribution in [0.25, 0.3) is 11.4 Å². The molecule has 1 aromatic heterocycles. The number of nitrogens with zero attached hydrogens (tertiary/aromatic N) is 4. The van der Waals surface area contributed by atoms with Gasteiger partial charge in [-0.3, -0.25) is 4.79 Å². The average Bonchev–Trinajstić information content (AvgIpc) is 3.39. The monoisotopic (exact) mass is 474 g/mol. The van der Waals surface area contributed by atoms with Crippen LogP contribution in [-0.2, 0) is 27.8 Å². The number of rotatable bonds is 5. The van der Waals surface area contributed by atoms with Crippen molar-refractivity contribution in [1.82, 2.24) is 24.9 Å². The van der Waals surface area contributed by atoms with Crippen LogP contribution in [0.15, 0.2) is 77.7 Å². The number of carbonyl (C=O) groups is 1. The highest BCUT2D eigenvalue weighted by Crippen LogP contribution is 2.30. The molecule has 10 heteroatoms. The van der Waals surface area contributed by atoms with Crippen molar-refractivity contribution in [2.45, 2.75) is 30.8 Å². The molecular formula is C24H22N6O3S. The van der Waals surface area contributed by atoms with E-state index in [2.05, 4.69) is 25.9 Å². The van der Waals surface area contributed by atoms with Crippen molar-refractivity contribution in [3.63, 3.8) is 0 Å². The zero-order valence-corrected chi connectivity index (χ0v) is 19.2. The van der Waals surface area contributed by atoms with Crippen molar-refractivity contribution in [3.05, 3.63) is 89.5 Å². The largest absolute Gasteiger partial charge is 0.325 e. The van der Waals surface area contributed by atoms with E-state index in [1.165, 1.54) is 4.31 Å². The number of amides is 1. The molecule has 172 valence electrons. The number of nitrogens with one attached hydrogen (secondary N) is 2. The maximum atomic E-state index is 13.6. The molecule has 0 bridgehead atoms. The Kier molecular flexibility index (Phi) is 5.68. The van der Waals surface area contributed by atoms with Gasteiger partial charge in [0.1, 0.15) is 6.04 Å². The molecule has 0 aliphatic carbocycles. The summed E-state index contributed by atoms with van der Waals surface area (Å²) in [5, 5.41) is 16.7. The first-order valence-corrected chi connectivity index (χ1v) is 12.2. The predicted molar refractivity (Wildman–Crippen MR) is 126 cm³/mol. The number of H-pyrrole nitrogens is 1. The molecular weight excluding hydrogens is 452 g/mol. The first-order valence-electron chi connectivity index (χ1n) is 10.7. The van der Waals surface area contributed by atoms with Crippen LogP contribution < -0.4 is 5.32 Å². The van der Waals surface area contributed by atoms with Crippen LogP contribution in [-0.4, -0.2) is 45.3 Å². The lowest BCUT2D eigenvalue weighted by Gasteiger charge is -2.35. The Balaban J connectivity index is 1.44. The summed E-state index contributed by atoms with van der Waals surface area (Å²) < 4.78 is 28.4. The fraction of sp³-hybridized carbons (Fsp3) is 0.167. The molecule has 0 saturated heterocycles. The minimum atomic E-state index is -3.90. The van der Waals surface area contributed by atoms with Crippen LogP contribution >= 0.6 is 0 Å². The fourth-order valence-electron chi connectivity index (χ4n) is 4.03. The third kappa shape index (κ3) is 4.20. The molecule has 0 spiro atoms. The Morgan fingerprint density at radius 1 is 1.00 bits per heavy atom. The molecule has 0 radical (unpaired) electrons. The van der Waals surface area contributed by atoms with Crippen LogP contribution in [0.3, 0.4) is 0 Å². The van der Waals surface area contributed by atoms with Gasteiger partial charge in [0.15, 0.2) is 0 Å². The minimum Gasteiger partial charge on any atom is -0.325 e. The van der Waals surface area contributed by atoms with Crippen LogP contribution in [0.5, 0.6) is 0 Å². The molecule has 0 fully saturated rings. The van der Waals surface area contributed by atoms with Gasteiger partial charge in [-0.15, -0.1) is 10.2 Å². The second kappa shape index (κ2) is 8.81. The molecule has 5 rings (SSSR count). The number of carbonyl (C=O) groups excluding carboxylic acids is 1. The molecule has 1 aliphatic rings. The first kappa shape index (κ1) is 21.9. The van der Waals surface area contributed by atoms with Crippen LogP contribution in [0.1, 0.15) is 16.7 Å². The van der Waals surface area contributed by atoms with Crippen molar-refractivity contribution in [1.29, 1.82) is 0 Å². The summed E-state index contributed by atoms with van der Waals surface area (Å²) in [6.07, 6.45) is 0.286. The Labute approximate surface area is 196 Å². The van der Waals surface area contributed by atoms with Crippen molar-refractivity contribution < 1.29 is 13.2 Å². The topological polar surface area (TPSA) is 121 Å². The Morgan fingerprint density at radius 3 is 2.38 bits per heavy atom. The number of aromatic nitrogens is 4. The minimum absolute atomic E-state index is 0.126. The van der Waals surface area contributed by atoms with Crippen molar-refractivity contribution >= 4 is 21.6 Å². The molecule has 1 atom stereocenters. The summed E-state index contributed by atoms with van der Waals surface area (Å²) in [7, 11) is -3.90. The van der Waals surface area contributed by atoms with Gasteiger partial charge >= 0.3 is 0 Å². The lowest BCUT2D eigenvalue weighted by Crippen LogP contribution is -2.50. The number of hydrogen-bond acceptors (Lipinski definition) is 6. The molecule has 0 saturated carbocycles. The third-order valence-electron chi connectivity index (χ3n) is 5.89. The van der Waals surface area contributed by atoms with E-state index in [-0.39, 0.29) is 17.9 Å². The number of aryl methyl sites for hydroxylation is 1. The summed E-state index contributed by atoms with van der Waals surface area (Å²) in [6.45, 7) is 2.02. The number of benzene rings is 3. The van der Waals surface area contributed by atoms with Gasteiger partial charge < -0.3 is 5.32 Å². The maximum absolute atomic E-state index is 13.6. The van der Waals surface area contributed by atoms with E-state index in [0.717, 1.165) is 22.3 Å². The first-order chi connectivity index (χ1) is 16.4. The fourth-order valence-corrected chi connectivity index (χ4v) is 5.60. The summed E-state index contributed by atoms with van der Waals surface area (Å²) in [4.78, 5) is 13.5. The van der Waals surface area contributed by atoms with Crippen molar-refractivity contribution in [3.8, 4) is 11.4 Å². The second-order valence-corrected chi connectivity index (χ2v) is 10.0. The van der Waals surface area contributed by atoms with E-state index >= 15 is 0 Å². The summed E-state index contributed by atoms with van der Waals surface area (Å²) in [6, 6.07) is 20.4. The standard InChI is InChI=1S/C24H22N6O3S/c1-16-6-12-21(13-7-16)34(32,33)30-15-19-5-3-2-4-18(19)14-22(30)24(31)25-20-10-8-17(9-11-20)23-26-28-29-27-23/h2-13,22H,14-15H2,1H3,(H,25,31)(H,26,27,28,29). The molecule has 1 amide bonds. The zero-order valence-electron chi connectivity index (χ0n) is 18.3. The SMILES string of the molecule is Cc1ccc(S(=O)(=O)N2Cc3ccccc3CC2C(=O)Nc2ccc(-c3nn[nH]n3)cc2)cc1. The van der Waals surface area contributed by atoms with Crippen molar-refractivity contribution in [2.75, 3.05) is 5.32 Å². The molecule has 9 nitrogen and oxygen atoms in total. The molecule has 2 N–H and O–H groups in total. The smallest absolute Gasteiger partial charge is 0.244 e. The molecule has 1 unspecified atom stereocenters. The molecule has 1 aliphatic heterocycles. The van der Waals surface area contributed by atoms with E-state index in [9.17, 15) is 13.2 Å². The zero-order chi connectivity index (χ0) is 23.7. The summed E-state index contributed by atoms with van der Waals surface area (Å²) in [5.41, 5.74) is 4.10. The third-order valence-corrected chi connectivity index (χ3v) is 7.76. The highest BCUT2D eigenvalue weighted by Gasteiger charge is 2.39. The van der Waals surface area contributed by atoms with Gasteiger partial charge in [-0.25, -0.2) is 8.42 Å². The van der Waals surface area contributed by atoms with Gasteiger partial charge in [0, 0.05) is 17.8 Å². The Morgan fingerprint density at radius 2 is 1.71 bits per heavy atom. The van der Waals surface area contributed by atoms with Gasteiger partial charge in [0.25, 0.3) is 0 Å². The summed E-state index contributed by atoms with van der Waals surface area (Å²) >= 11 is 0. The van der Waals surface area contributed by atoms with Gasteiger partial charge in [0.2, 0.25) is 21.8 Å². The van der Waals surface area contributed by atoms with E-state index < -0.39 is 22.0 Å². The number of tetrazole rings is 1. The number of hydrogen-bond donors (Lipinski definition) is 2. The van der Waals surface area contributed by atoms with E-state index in [0.29, 0.717) is 11.5 Å². The predicted octanol–water partition coefficient (Wildman–Crippen LogP) is 2.93. The maximum Gasteiger partial charge on any atom is 0.244 e. The van der Waals surface area contributed by atoms with E-state index in [1.54, 1.807) is 48.5 Å². The normalized spacial score (nSPS) is 16.1. The number of aromatic amines is 1. The lowest BCUT2D eigenvalue weighted by molar-refractivity contribution is -0.120. The highest BCUT2D eigenvalue weighted by atomic mass is 32.2. The molecule has 3 aromatic carbocycles. The Hall–Kier alpha value is -3.89. The molecule has 34 heavy (non-hydrogen) atoms. The average molecular weight is 475 g/mol. The number of sulfonamides is 1. The lowest BCUT2D eigenvalue weighted by atomic mass is 9.95. The van der Waals surface area contributed by atoms with Gasteiger partial charge in [0.05, 0.1) is 4.90 Å². The van der Waals surface area contributed by atoms with Gasteiger partial charge in [-0.05, 0) is 66.1 Å². The second-order valence-electron chi connectivity index (χ2n) is 8.15.